The Balaban J connectivity index is 3.00. The first-order chi connectivity index (χ1) is 12.6. The van der Waals surface area contributed by atoms with Crippen molar-refractivity contribution in [2.75, 3.05) is 12.8 Å². The van der Waals surface area contributed by atoms with Crippen molar-refractivity contribution in [1.29, 1.82) is 0 Å². The van der Waals surface area contributed by atoms with Crippen LogP contribution < -0.4 is 11.1 Å². The molecule has 26 heavy (non-hydrogen) atoms. The van der Waals surface area contributed by atoms with Crippen LogP contribution in [0.2, 0.25) is 0 Å². The highest BCUT2D eigenvalue weighted by molar-refractivity contribution is 7.97. The summed E-state index contributed by atoms with van der Waals surface area (Å²) in [6, 6.07) is 8.29. The van der Waals surface area contributed by atoms with Crippen molar-refractivity contribution < 1.29 is 0 Å². The van der Waals surface area contributed by atoms with E-state index in [1.54, 1.807) is 24.1 Å². The van der Waals surface area contributed by atoms with Crippen molar-refractivity contribution in [3.63, 3.8) is 0 Å². The number of aliphatic imine (C=N–C) groups is 3. The zero-order valence-corrected chi connectivity index (χ0v) is 16.4. The summed E-state index contributed by atoms with van der Waals surface area (Å²) in [5, 5.41) is 3.40. The van der Waals surface area contributed by atoms with E-state index in [4.69, 9.17) is 17.3 Å². The molecule has 138 valence electrons. The molecule has 0 radical (unpaired) electrons. The minimum Gasteiger partial charge on any atom is -0.403 e. The molecule has 1 aromatic carbocycles. The zero-order chi connectivity index (χ0) is 19.2. The van der Waals surface area contributed by atoms with E-state index in [0.29, 0.717) is 29.7 Å². The summed E-state index contributed by atoms with van der Waals surface area (Å²) in [5.74, 6) is 1.40. The van der Waals surface area contributed by atoms with Crippen molar-refractivity contribution in [1.82, 2.24) is 5.32 Å². The lowest BCUT2D eigenvalue weighted by Gasteiger charge is -2.10. The number of allylic oxidation sites excluding steroid dienone is 1. The number of nitrogens with one attached hydrogen (secondary N) is 1. The molecular weight excluding hydrogens is 366 g/mol. The molecule has 1 aromatic rings. The number of nitrogens with zero attached hydrogens (tertiary/aromatic N) is 3. The molecule has 0 atom stereocenters. The molecule has 0 saturated carbocycles. The SMILES string of the molecule is C=CCN=CC(=CN)NC(=NCc1cccc(CSC)c1)/C(Cl)=C\N=C. The number of rotatable bonds is 10. The van der Waals surface area contributed by atoms with Gasteiger partial charge in [0.1, 0.15) is 10.9 Å². The fourth-order valence-corrected chi connectivity index (χ4v) is 2.64. The predicted octanol–water partition coefficient (Wildman–Crippen LogP) is 3.88. The van der Waals surface area contributed by atoms with Crippen LogP contribution in [0.1, 0.15) is 11.1 Å². The molecule has 0 spiro atoms. The van der Waals surface area contributed by atoms with Crippen molar-refractivity contribution in [2.45, 2.75) is 12.3 Å². The van der Waals surface area contributed by atoms with E-state index < -0.39 is 0 Å². The van der Waals surface area contributed by atoms with Gasteiger partial charge >= 0.3 is 0 Å². The van der Waals surface area contributed by atoms with E-state index in [1.807, 2.05) is 12.1 Å². The maximum atomic E-state index is 6.26. The van der Waals surface area contributed by atoms with Gasteiger partial charge in [-0.1, -0.05) is 41.9 Å². The van der Waals surface area contributed by atoms with Gasteiger partial charge in [-0.25, -0.2) is 0 Å². The minimum absolute atomic E-state index is 0.330. The number of amidine groups is 1. The summed E-state index contributed by atoms with van der Waals surface area (Å²) in [4.78, 5) is 12.4. The van der Waals surface area contributed by atoms with E-state index in [1.165, 1.54) is 18.0 Å². The molecular formula is C19H24ClN5S. The number of halogens is 1. The predicted molar refractivity (Wildman–Crippen MR) is 117 cm³/mol. The highest BCUT2D eigenvalue weighted by atomic mass is 35.5. The topological polar surface area (TPSA) is 75.1 Å². The van der Waals surface area contributed by atoms with Gasteiger partial charge in [0.25, 0.3) is 0 Å². The summed E-state index contributed by atoms with van der Waals surface area (Å²) < 4.78 is 0. The third kappa shape index (κ3) is 8.18. The standard InChI is InChI=1S/C19H24ClN5S/c1-4-8-23-12-17(10-21)25-19(18(20)13-22-2)24-11-15-6-5-7-16(9-15)14-26-3/h4-7,9-10,12-13H,1-2,8,11,14,21H2,3H3,(H,24,25)/b17-10?,18-13+,23-12?. The second kappa shape index (κ2) is 13.0. The Hall–Kier alpha value is -2.31. The largest absolute Gasteiger partial charge is 0.403 e. The molecule has 0 bridgehead atoms. The first kappa shape index (κ1) is 21.7. The Labute approximate surface area is 164 Å². The highest BCUT2D eigenvalue weighted by Gasteiger charge is 2.06. The second-order valence-electron chi connectivity index (χ2n) is 5.11. The molecule has 1 rings (SSSR count). The third-order valence-electron chi connectivity index (χ3n) is 3.06. The first-order valence-electron chi connectivity index (χ1n) is 7.87. The molecule has 0 aliphatic carbocycles. The first-order valence-corrected chi connectivity index (χ1v) is 9.64. The average molecular weight is 390 g/mol. The van der Waals surface area contributed by atoms with Gasteiger partial charge in [-0.15, -0.1) is 6.58 Å². The van der Waals surface area contributed by atoms with Crippen LogP contribution in [-0.4, -0.2) is 31.6 Å². The lowest BCUT2D eigenvalue weighted by atomic mass is 10.1. The Bertz CT molecular complexity index is 722. The Morgan fingerprint density at radius 1 is 1.38 bits per heavy atom. The van der Waals surface area contributed by atoms with Crippen LogP contribution in [0.5, 0.6) is 0 Å². The van der Waals surface area contributed by atoms with Gasteiger partial charge in [0.2, 0.25) is 0 Å². The van der Waals surface area contributed by atoms with Gasteiger partial charge in [0.05, 0.1) is 18.8 Å². The van der Waals surface area contributed by atoms with Gasteiger partial charge in [0, 0.05) is 24.4 Å². The smallest absolute Gasteiger partial charge is 0.146 e. The van der Waals surface area contributed by atoms with E-state index in [9.17, 15) is 0 Å². The monoisotopic (exact) mass is 389 g/mol. The fraction of sp³-hybridized carbons (Fsp3) is 0.211. The lowest BCUT2D eigenvalue weighted by Crippen LogP contribution is -2.25. The normalized spacial score (nSPS) is 13.1. The third-order valence-corrected chi connectivity index (χ3v) is 3.96. The van der Waals surface area contributed by atoms with E-state index in [0.717, 1.165) is 11.3 Å². The Morgan fingerprint density at radius 3 is 2.81 bits per heavy atom. The summed E-state index contributed by atoms with van der Waals surface area (Å²) in [6.07, 6.45) is 8.19. The molecule has 0 aliphatic rings. The van der Waals surface area contributed by atoms with Gasteiger partial charge in [-0.05, 0) is 24.1 Å². The molecule has 0 amide bonds. The van der Waals surface area contributed by atoms with Crippen molar-refractivity contribution >= 4 is 42.1 Å². The zero-order valence-electron chi connectivity index (χ0n) is 14.9. The maximum Gasteiger partial charge on any atom is 0.146 e. The molecule has 0 aliphatic heterocycles. The van der Waals surface area contributed by atoms with Crippen molar-refractivity contribution in [3.8, 4) is 0 Å². The maximum absolute atomic E-state index is 6.26. The molecule has 0 aromatic heterocycles. The van der Waals surface area contributed by atoms with Gasteiger partial charge in [0.15, 0.2) is 0 Å². The van der Waals surface area contributed by atoms with Crippen LogP contribution >= 0.6 is 23.4 Å². The van der Waals surface area contributed by atoms with Crippen LogP contribution in [0.4, 0.5) is 0 Å². The Kier molecular flexibility index (Phi) is 10.8. The molecule has 0 saturated heterocycles. The second-order valence-corrected chi connectivity index (χ2v) is 6.38. The number of hydrogen-bond donors (Lipinski definition) is 2. The molecule has 0 unspecified atom stereocenters. The van der Waals surface area contributed by atoms with Gasteiger partial charge in [-0.3, -0.25) is 15.0 Å². The summed E-state index contributed by atoms with van der Waals surface area (Å²) in [6.45, 7) is 8.00. The molecule has 5 nitrogen and oxygen atoms in total. The highest BCUT2D eigenvalue weighted by Crippen LogP contribution is 2.13. The van der Waals surface area contributed by atoms with Crippen LogP contribution in [0, 0.1) is 0 Å². The van der Waals surface area contributed by atoms with E-state index >= 15 is 0 Å². The van der Waals surface area contributed by atoms with E-state index in [2.05, 4.69) is 52.0 Å². The molecule has 0 heterocycles. The van der Waals surface area contributed by atoms with Crippen LogP contribution in [0.3, 0.4) is 0 Å². The molecule has 0 fully saturated rings. The minimum atomic E-state index is 0.330. The lowest BCUT2D eigenvalue weighted by molar-refractivity contribution is 1.03. The quantitative estimate of drug-likeness (QED) is 0.362. The number of thioether (sulfide) groups is 1. The van der Waals surface area contributed by atoms with Crippen LogP contribution in [0.15, 0.2) is 75.0 Å². The van der Waals surface area contributed by atoms with Crippen LogP contribution in [0.25, 0.3) is 0 Å². The number of nitrogens with two attached hydrogens (primary N) is 1. The van der Waals surface area contributed by atoms with Crippen molar-refractivity contribution in [3.05, 3.63) is 71.2 Å². The average Bonchev–Trinajstić information content (AvgIpc) is 2.64. The molecule has 3 N–H and O–H groups in total. The summed E-state index contributed by atoms with van der Waals surface area (Å²) in [7, 11) is 0. The molecule has 7 heteroatoms. The van der Waals surface area contributed by atoms with Crippen LogP contribution in [-0.2, 0) is 12.3 Å². The van der Waals surface area contributed by atoms with E-state index in [-0.39, 0.29) is 0 Å². The number of hydrogen-bond acceptors (Lipinski definition) is 5. The van der Waals surface area contributed by atoms with Crippen molar-refractivity contribution in [2.24, 2.45) is 20.7 Å². The summed E-state index contributed by atoms with van der Waals surface area (Å²) >= 11 is 8.04. The summed E-state index contributed by atoms with van der Waals surface area (Å²) in [5.41, 5.74) is 8.55. The number of benzene rings is 1. The Morgan fingerprint density at radius 2 is 2.15 bits per heavy atom. The fourth-order valence-electron chi connectivity index (χ4n) is 1.95. The van der Waals surface area contributed by atoms with Gasteiger partial charge < -0.3 is 11.1 Å². The van der Waals surface area contributed by atoms with Gasteiger partial charge in [-0.2, -0.15) is 11.8 Å².